The Hall–Kier alpha value is -3.09. The highest BCUT2D eigenvalue weighted by atomic mass is 19.4. The number of halogens is 3. The molecule has 13 heteroatoms. The monoisotopic (exact) mass is 435 g/mol. The summed E-state index contributed by atoms with van der Waals surface area (Å²) >= 11 is 0. The van der Waals surface area contributed by atoms with Crippen molar-refractivity contribution in [2.75, 3.05) is 27.4 Å². The van der Waals surface area contributed by atoms with Gasteiger partial charge in [0.1, 0.15) is 5.56 Å². The van der Waals surface area contributed by atoms with Crippen molar-refractivity contribution < 1.29 is 42.3 Å². The second-order valence-electron chi connectivity index (χ2n) is 6.48. The number of alkyl halides is 3. The van der Waals surface area contributed by atoms with Crippen molar-refractivity contribution in [1.29, 1.82) is 0 Å². The Morgan fingerprint density at radius 1 is 1.37 bits per heavy atom. The van der Waals surface area contributed by atoms with E-state index in [9.17, 15) is 38.0 Å². The molecule has 0 radical (unpaired) electrons. The summed E-state index contributed by atoms with van der Waals surface area (Å²) < 4.78 is 50.3. The van der Waals surface area contributed by atoms with Gasteiger partial charge in [0, 0.05) is 26.3 Å². The van der Waals surface area contributed by atoms with Gasteiger partial charge in [-0.3, -0.25) is 19.8 Å². The molecule has 1 aliphatic rings. The van der Waals surface area contributed by atoms with Gasteiger partial charge in [-0.25, -0.2) is 4.79 Å². The number of hydrogen-bond acceptors (Lipinski definition) is 7. The number of phenolic OH excluding ortho intramolecular Hbond substituents is 1. The van der Waals surface area contributed by atoms with Crippen LogP contribution in [-0.2, 0) is 10.9 Å². The van der Waals surface area contributed by atoms with Crippen LogP contribution in [0.5, 0.6) is 11.5 Å². The van der Waals surface area contributed by atoms with Gasteiger partial charge in [-0.05, 0) is 25.3 Å². The van der Waals surface area contributed by atoms with Crippen LogP contribution >= 0.6 is 0 Å². The fourth-order valence-corrected chi connectivity index (χ4v) is 2.69. The number of carbonyl (C=O) groups excluding carboxylic acids is 2. The number of methoxy groups -OCH3 is 2. The molecule has 0 atom stereocenters. The van der Waals surface area contributed by atoms with Crippen molar-refractivity contribution >= 4 is 17.6 Å². The van der Waals surface area contributed by atoms with E-state index >= 15 is 0 Å². The van der Waals surface area contributed by atoms with Gasteiger partial charge < -0.3 is 19.9 Å². The highest BCUT2D eigenvalue weighted by Crippen LogP contribution is 2.46. The van der Waals surface area contributed by atoms with Gasteiger partial charge >= 0.3 is 17.9 Å². The second kappa shape index (κ2) is 9.15. The van der Waals surface area contributed by atoms with E-state index in [2.05, 4.69) is 10.1 Å². The summed E-state index contributed by atoms with van der Waals surface area (Å²) in [5.41, 5.74) is -4.65. The predicted octanol–water partition coefficient (Wildman–Crippen LogP) is 2.68. The Morgan fingerprint density at radius 2 is 2.00 bits per heavy atom. The number of benzene rings is 1. The lowest BCUT2D eigenvalue weighted by Gasteiger charge is -2.23. The highest BCUT2D eigenvalue weighted by molar-refractivity contribution is 6.08. The number of urea groups is 1. The minimum Gasteiger partial charge on any atom is -0.499 e. The number of imide groups is 1. The van der Waals surface area contributed by atoms with Crippen LogP contribution in [0.1, 0.15) is 35.2 Å². The number of nitro groups is 1. The van der Waals surface area contributed by atoms with E-state index < -0.39 is 51.4 Å². The molecular formula is C17H20F3N3O7. The number of hydrogen-bond donors (Lipinski definition) is 2. The average Bonchev–Trinajstić information content (AvgIpc) is 3.46. The molecule has 1 aliphatic carbocycles. The number of nitrogens with one attached hydrogen (secondary N) is 1. The lowest BCUT2D eigenvalue weighted by atomic mass is 10.0. The zero-order valence-corrected chi connectivity index (χ0v) is 16.1. The molecule has 1 aromatic rings. The van der Waals surface area contributed by atoms with Gasteiger partial charge in [0.2, 0.25) is 5.75 Å². The number of rotatable bonds is 8. The molecule has 10 nitrogen and oxygen atoms in total. The van der Waals surface area contributed by atoms with Gasteiger partial charge in [-0.1, -0.05) is 0 Å². The normalized spacial score (nSPS) is 13.6. The molecule has 2 rings (SSSR count). The molecule has 0 saturated heterocycles. The number of carbonyl (C=O) groups is 2. The number of aromatic hydroxyl groups is 1. The molecular weight excluding hydrogens is 415 g/mol. The summed E-state index contributed by atoms with van der Waals surface area (Å²) in [6, 6.07) is -0.935. The quantitative estimate of drug-likeness (QED) is 0.365. The van der Waals surface area contributed by atoms with Crippen molar-refractivity contribution in [3.63, 3.8) is 0 Å². The van der Waals surface area contributed by atoms with Crippen molar-refractivity contribution in [2.24, 2.45) is 0 Å². The standard InChI is InChI=1S/C17H20F3N3O7/c1-29-7-3-6-22(16(26)21-9-4-5-9)15(25)12-10(17(18,19)20)8-11(30-2)14(24)13(12)23(27)28/h8-9,24H,3-7H2,1-2H3,(H,21,26). The predicted molar refractivity (Wildman–Crippen MR) is 95.4 cm³/mol. The highest BCUT2D eigenvalue weighted by Gasteiger charge is 2.45. The fraction of sp³-hybridized carbons (Fsp3) is 0.529. The summed E-state index contributed by atoms with van der Waals surface area (Å²) in [5.74, 6) is -3.65. The summed E-state index contributed by atoms with van der Waals surface area (Å²) in [6.07, 6.45) is -3.84. The Morgan fingerprint density at radius 3 is 2.47 bits per heavy atom. The summed E-state index contributed by atoms with van der Waals surface area (Å²) in [6.45, 7) is -0.269. The number of nitrogens with zero attached hydrogens (tertiary/aromatic N) is 2. The van der Waals surface area contributed by atoms with Crippen LogP contribution in [0.2, 0.25) is 0 Å². The summed E-state index contributed by atoms with van der Waals surface area (Å²) in [7, 11) is 2.26. The number of amides is 3. The molecule has 1 fully saturated rings. The molecule has 1 saturated carbocycles. The van der Waals surface area contributed by atoms with E-state index in [1.165, 1.54) is 7.11 Å². The first-order chi connectivity index (χ1) is 14.0. The largest absolute Gasteiger partial charge is 0.499 e. The van der Waals surface area contributed by atoms with Crippen LogP contribution in [0.15, 0.2) is 6.07 Å². The van der Waals surface area contributed by atoms with E-state index in [1.54, 1.807) is 0 Å². The van der Waals surface area contributed by atoms with E-state index in [0.29, 0.717) is 17.7 Å². The molecule has 0 spiro atoms. The minimum absolute atomic E-state index is 0.0810. The lowest BCUT2D eigenvalue weighted by Crippen LogP contribution is -2.46. The molecule has 0 unspecified atom stereocenters. The fourth-order valence-electron chi connectivity index (χ4n) is 2.69. The number of nitro benzene ring substituents is 1. The van der Waals surface area contributed by atoms with E-state index in [4.69, 9.17) is 4.74 Å². The number of phenols is 1. The van der Waals surface area contributed by atoms with Crippen LogP contribution in [0, 0.1) is 10.1 Å². The van der Waals surface area contributed by atoms with Crippen LogP contribution in [-0.4, -0.2) is 60.3 Å². The van der Waals surface area contributed by atoms with Crippen molar-refractivity contribution in [2.45, 2.75) is 31.5 Å². The molecule has 30 heavy (non-hydrogen) atoms. The summed E-state index contributed by atoms with van der Waals surface area (Å²) in [4.78, 5) is 36.0. The molecule has 0 bridgehead atoms. The molecule has 2 N–H and O–H groups in total. The molecule has 166 valence electrons. The maximum atomic E-state index is 13.6. The Balaban J connectivity index is 2.63. The SMILES string of the molecule is COCCCN(C(=O)NC1CC1)C(=O)c1c(C(F)(F)F)cc(OC)c(O)c1[N+](=O)[O-]. The van der Waals surface area contributed by atoms with Crippen LogP contribution in [0.3, 0.4) is 0 Å². The molecule has 1 aromatic carbocycles. The first kappa shape index (κ1) is 23.2. The second-order valence-corrected chi connectivity index (χ2v) is 6.48. The zero-order valence-electron chi connectivity index (χ0n) is 16.1. The van der Waals surface area contributed by atoms with E-state index in [1.807, 2.05) is 0 Å². The summed E-state index contributed by atoms with van der Waals surface area (Å²) in [5, 5.41) is 24.0. The average molecular weight is 435 g/mol. The molecule has 0 heterocycles. The number of ether oxygens (including phenoxy) is 2. The minimum atomic E-state index is -5.21. The van der Waals surface area contributed by atoms with Gasteiger partial charge in [0.15, 0.2) is 5.75 Å². The third-order valence-corrected chi connectivity index (χ3v) is 4.29. The topological polar surface area (TPSA) is 131 Å². The zero-order chi connectivity index (χ0) is 22.6. The van der Waals surface area contributed by atoms with E-state index in [0.717, 1.165) is 7.11 Å². The van der Waals surface area contributed by atoms with Gasteiger partial charge in [0.05, 0.1) is 17.6 Å². The lowest BCUT2D eigenvalue weighted by molar-refractivity contribution is -0.386. The Labute approximate surface area is 168 Å². The van der Waals surface area contributed by atoms with Gasteiger partial charge in [-0.15, -0.1) is 0 Å². The Kier molecular flexibility index (Phi) is 7.08. The Bertz CT molecular complexity index is 841. The van der Waals surface area contributed by atoms with Crippen molar-refractivity contribution in [1.82, 2.24) is 10.2 Å². The molecule has 0 aliphatic heterocycles. The van der Waals surface area contributed by atoms with Gasteiger partial charge in [0.25, 0.3) is 5.91 Å². The third-order valence-electron chi connectivity index (χ3n) is 4.29. The van der Waals surface area contributed by atoms with Crippen LogP contribution in [0.4, 0.5) is 23.7 Å². The first-order valence-corrected chi connectivity index (χ1v) is 8.79. The van der Waals surface area contributed by atoms with Crippen molar-refractivity contribution in [3.8, 4) is 11.5 Å². The first-order valence-electron chi connectivity index (χ1n) is 8.79. The van der Waals surface area contributed by atoms with Gasteiger partial charge in [-0.2, -0.15) is 13.2 Å². The molecule has 0 aromatic heterocycles. The third kappa shape index (κ3) is 5.09. The maximum Gasteiger partial charge on any atom is 0.417 e. The smallest absolute Gasteiger partial charge is 0.417 e. The van der Waals surface area contributed by atoms with E-state index in [-0.39, 0.29) is 31.7 Å². The maximum absolute atomic E-state index is 13.6. The van der Waals surface area contributed by atoms with Crippen molar-refractivity contribution in [3.05, 3.63) is 27.3 Å². The van der Waals surface area contributed by atoms with Crippen LogP contribution < -0.4 is 10.1 Å². The molecule has 3 amide bonds. The van der Waals surface area contributed by atoms with Crippen LogP contribution in [0.25, 0.3) is 0 Å².